The van der Waals surface area contributed by atoms with Crippen molar-refractivity contribution in [3.63, 3.8) is 0 Å². The van der Waals surface area contributed by atoms with Gasteiger partial charge in [-0.15, -0.1) is 0 Å². The number of amides is 1. The van der Waals surface area contributed by atoms with Crippen LogP contribution in [-0.4, -0.2) is 20.6 Å². The average molecular weight is 364 g/mol. The van der Waals surface area contributed by atoms with Gasteiger partial charge in [0.05, 0.1) is 18.3 Å². The highest BCUT2D eigenvalue weighted by Gasteiger charge is 2.21. The molecule has 7 heteroatoms. The number of halogens is 1. The van der Waals surface area contributed by atoms with Crippen molar-refractivity contribution in [3.05, 3.63) is 71.5 Å². The maximum Gasteiger partial charge on any atom is 0.222 e. The van der Waals surface area contributed by atoms with E-state index in [1.807, 2.05) is 37.3 Å². The number of sulfonamides is 1. The summed E-state index contributed by atoms with van der Waals surface area (Å²) in [5.74, 6) is -0.731. The number of nitrogens with one attached hydrogen (secondary N) is 2. The second-order valence-electron chi connectivity index (χ2n) is 5.90. The molecule has 0 bridgehead atoms. The molecule has 0 spiro atoms. The van der Waals surface area contributed by atoms with Crippen LogP contribution in [0.4, 0.5) is 4.39 Å². The molecular formula is C18H21FN2O3S. The Bertz CT molecular complexity index is 808. The largest absolute Gasteiger partial charge is 0.350 e. The Morgan fingerprint density at radius 1 is 1.04 bits per heavy atom. The molecule has 0 unspecified atom stereocenters. The van der Waals surface area contributed by atoms with Gasteiger partial charge in [-0.3, -0.25) is 4.79 Å². The van der Waals surface area contributed by atoms with E-state index in [9.17, 15) is 17.6 Å². The van der Waals surface area contributed by atoms with Crippen LogP contribution in [0.25, 0.3) is 0 Å². The van der Waals surface area contributed by atoms with Gasteiger partial charge in [0, 0.05) is 6.42 Å². The van der Waals surface area contributed by atoms with E-state index >= 15 is 0 Å². The number of carbonyl (C=O) groups is 1. The molecule has 1 amide bonds. The Morgan fingerprint density at radius 2 is 1.64 bits per heavy atom. The van der Waals surface area contributed by atoms with E-state index in [0.717, 1.165) is 11.8 Å². The Labute approximate surface area is 147 Å². The van der Waals surface area contributed by atoms with E-state index in [-0.39, 0.29) is 18.4 Å². The van der Waals surface area contributed by atoms with Crippen LogP contribution in [0.5, 0.6) is 0 Å². The van der Waals surface area contributed by atoms with Crippen LogP contribution in [-0.2, 0) is 14.8 Å². The Balaban J connectivity index is 2.10. The zero-order valence-electron chi connectivity index (χ0n) is 14.1. The molecular weight excluding hydrogens is 343 g/mol. The summed E-state index contributed by atoms with van der Waals surface area (Å²) >= 11 is 0. The summed E-state index contributed by atoms with van der Waals surface area (Å²) in [6, 6.07) is 13.9. The fourth-order valence-electron chi connectivity index (χ4n) is 2.49. The topological polar surface area (TPSA) is 75.3 Å². The van der Waals surface area contributed by atoms with Crippen molar-refractivity contribution >= 4 is 15.9 Å². The summed E-state index contributed by atoms with van der Waals surface area (Å²) in [7, 11) is -3.53. The lowest BCUT2D eigenvalue weighted by Gasteiger charge is -2.20. The molecule has 2 aromatic rings. The molecule has 0 radical (unpaired) electrons. The lowest BCUT2D eigenvalue weighted by atomic mass is 10.0. The van der Waals surface area contributed by atoms with E-state index in [2.05, 4.69) is 10.0 Å². The lowest BCUT2D eigenvalue weighted by Crippen LogP contribution is -2.34. The maximum absolute atomic E-state index is 13.1. The van der Waals surface area contributed by atoms with E-state index in [1.54, 1.807) is 0 Å². The second-order valence-corrected chi connectivity index (χ2v) is 7.68. The SMILES string of the molecule is C[C@@H](NC(=O)C[C@H](NS(C)(=O)=O)c1ccc(F)cc1)c1ccccc1. The number of rotatable bonds is 7. The third kappa shape index (κ3) is 6.28. The van der Waals surface area contributed by atoms with E-state index in [0.29, 0.717) is 5.56 Å². The van der Waals surface area contributed by atoms with Crippen molar-refractivity contribution in [1.29, 1.82) is 0 Å². The van der Waals surface area contributed by atoms with Gasteiger partial charge in [0.25, 0.3) is 0 Å². The van der Waals surface area contributed by atoms with Crippen LogP contribution in [0.2, 0.25) is 0 Å². The third-order valence-corrected chi connectivity index (χ3v) is 4.41. The highest BCUT2D eigenvalue weighted by molar-refractivity contribution is 7.88. The zero-order chi connectivity index (χ0) is 18.4. The Hall–Kier alpha value is -2.25. The number of hydrogen-bond acceptors (Lipinski definition) is 3. The van der Waals surface area contributed by atoms with Gasteiger partial charge in [0.15, 0.2) is 0 Å². The van der Waals surface area contributed by atoms with Gasteiger partial charge in [-0.25, -0.2) is 17.5 Å². The van der Waals surface area contributed by atoms with Crippen LogP contribution in [0.15, 0.2) is 54.6 Å². The average Bonchev–Trinajstić information content (AvgIpc) is 2.54. The van der Waals surface area contributed by atoms with Crippen LogP contribution in [0.1, 0.15) is 36.6 Å². The van der Waals surface area contributed by atoms with Crippen molar-refractivity contribution in [3.8, 4) is 0 Å². The van der Waals surface area contributed by atoms with E-state index in [4.69, 9.17) is 0 Å². The second kappa shape index (κ2) is 8.22. The summed E-state index contributed by atoms with van der Waals surface area (Å²) < 4.78 is 38.7. The van der Waals surface area contributed by atoms with Gasteiger partial charge in [-0.05, 0) is 30.2 Å². The molecule has 0 fully saturated rings. The van der Waals surface area contributed by atoms with Gasteiger partial charge in [0.1, 0.15) is 5.82 Å². The molecule has 0 saturated heterocycles. The molecule has 0 saturated carbocycles. The molecule has 2 aromatic carbocycles. The molecule has 0 heterocycles. The third-order valence-electron chi connectivity index (χ3n) is 3.70. The molecule has 5 nitrogen and oxygen atoms in total. The van der Waals surface area contributed by atoms with Gasteiger partial charge in [-0.1, -0.05) is 42.5 Å². The fourth-order valence-corrected chi connectivity index (χ4v) is 3.23. The normalized spacial score (nSPS) is 13.9. The highest BCUT2D eigenvalue weighted by Crippen LogP contribution is 2.19. The summed E-state index contributed by atoms with van der Waals surface area (Å²) in [5.41, 5.74) is 1.47. The summed E-state index contributed by atoms with van der Waals surface area (Å²) in [5, 5.41) is 2.85. The minimum Gasteiger partial charge on any atom is -0.350 e. The molecule has 0 aliphatic rings. The Kier molecular flexibility index (Phi) is 6.27. The predicted octanol–water partition coefficient (Wildman–Crippen LogP) is 2.68. The summed E-state index contributed by atoms with van der Waals surface area (Å²) in [4.78, 5) is 12.3. The van der Waals surface area contributed by atoms with Gasteiger partial charge in [0.2, 0.25) is 15.9 Å². The maximum atomic E-state index is 13.1. The van der Waals surface area contributed by atoms with E-state index in [1.165, 1.54) is 24.3 Å². The molecule has 2 rings (SSSR count). The lowest BCUT2D eigenvalue weighted by molar-refractivity contribution is -0.122. The van der Waals surface area contributed by atoms with Crippen molar-refractivity contribution in [2.45, 2.75) is 25.4 Å². The quantitative estimate of drug-likeness (QED) is 0.793. The van der Waals surface area contributed by atoms with Gasteiger partial charge in [-0.2, -0.15) is 0 Å². The fraction of sp³-hybridized carbons (Fsp3) is 0.278. The van der Waals surface area contributed by atoms with Crippen molar-refractivity contribution in [2.75, 3.05) is 6.26 Å². The highest BCUT2D eigenvalue weighted by atomic mass is 32.2. The van der Waals surface area contributed by atoms with Crippen molar-refractivity contribution in [2.24, 2.45) is 0 Å². The summed E-state index contributed by atoms with van der Waals surface area (Å²) in [6.45, 7) is 1.85. The first-order valence-electron chi connectivity index (χ1n) is 7.81. The van der Waals surface area contributed by atoms with Crippen LogP contribution in [0, 0.1) is 5.82 Å². The number of hydrogen-bond donors (Lipinski definition) is 2. The molecule has 25 heavy (non-hydrogen) atoms. The number of benzene rings is 2. The molecule has 2 atom stereocenters. The molecule has 134 valence electrons. The van der Waals surface area contributed by atoms with Crippen LogP contribution < -0.4 is 10.0 Å². The van der Waals surface area contributed by atoms with Crippen LogP contribution in [0.3, 0.4) is 0 Å². The smallest absolute Gasteiger partial charge is 0.222 e. The van der Waals surface area contributed by atoms with Crippen molar-refractivity contribution in [1.82, 2.24) is 10.0 Å². The van der Waals surface area contributed by atoms with Crippen LogP contribution >= 0.6 is 0 Å². The predicted molar refractivity (Wildman–Crippen MR) is 94.7 cm³/mol. The monoisotopic (exact) mass is 364 g/mol. The molecule has 0 aromatic heterocycles. The number of carbonyl (C=O) groups excluding carboxylic acids is 1. The Morgan fingerprint density at radius 3 is 2.20 bits per heavy atom. The molecule has 0 aliphatic carbocycles. The minimum absolute atomic E-state index is 0.0874. The van der Waals surface area contributed by atoms with Crippen molar-refractivity contribution < 1.29 is 17.6 Å². The summed E-state index contributed by atoms with van der Waals surface area (Å²) in [6.07, 6.45) is 0.934. The molecule has 2 N–H and O–H groups in total. The van der Waals surface area contributed by atoms with Gasteiger partial charge < -0.3 is 5.32 Å². The first kappa shape index (κ1) is 19.1. The van der Waals surface area contributed by atoms with Gasteiger partial charge >= 0.3 is 0 Å². The first-order chi connectivity index (χ1) is 11.7. The standard InChI is InChI=1S/C18H21FN2O3S/c1-13(14-6-4-3-5-7-14)20-18(22)12-17(21-25(2,23)24)15-8-10-16(19)11-9-15/h3-11,13,17,21H,12H2,1-2H3,(H,20,22)/t13-,17+/m1/s1. The molecule has 0 aliphatic heterocycles. The van der Waals surface area contributed by atoms with E-state index < -0.39 is 21.9 Å². The minimum atomic E-state index is -3.53. The zero-order valence-corrected chi connectivity index (χ0v) is 14.9. The first-order valence-corrected chi connectivity index (χ1v) is 9.71.